The minimum absolute atomic E-state index is 0.120. The fourth-order valence-corrected chi connectivity index (χ4v) is 3.01. The van der Waals surface area contributed by atoms with Gasteiger partial charge in [-0.3, -0.25) is 4.98 Å². The average Bonchev–Trinajstić information content (AvgIpc) is 2.42. The predicted octanol–water partition coefficient (Wildman–Crippen LogP) is 1.76. The predicted molar refractivity (Wildman–Crippen MR) is 78.6 cm³/mol. The van der Waals surface area contributed by atoms with Gasteiger partial charge in [-0.05, 0) is 54.8 Å². The maximum atomic E-state index is 12.3. The van der Waals surface area contributed by atoms with E-state index in [0.717, 1.165) is 16.7 Å². The molecule has 1 aromatic carbocycles. The number of pyridine rings is 1. The van der Waals surface area contributed by atoms with Gasteiger partial charge in [-0.25, -0.2) is 13.1 Å². The number of anilines is 1. The summed E-state index contributed by atoms with van der Waals surface area (Å²) in [6.45, 7) is 3.96. The third kappa shape index (κ3) is 3.15. The van der Waals surface area contributed by atoms with Crippen LogP contribution in [0.2, 0.25) is 0 Å². The van der Waals surface area contributed by atoms with E-state index in [1.165, 1.54) is 0 Å². The zero-order chi connectivity index (χ0) is 14.8. The molecule has 0 unspecified atom stereocenters. The highest BCUT2D eigenvalue weighted by Crippen LogP contribution is 2.22. The number of rotatable bonds is 4. The summed E-state index contributed by atoms with van der Waals surface area (Å²) in [6.07, 6.45) is 3.24. The minimum Gasteiger partial charge on any atom is -0.398 e. The number of nitrogens with zero attached hydrogens (tertiary/aromatic N) is 1. The molecule has 0 saturated carbocycles. The quantitative estimate of drug-likeness (QED) is 0.841. The maximum absolute atomic E-state index is 12.3. The first-order chi connectivity index (χ1) is 9.40. The summed E-state index contributed by atoms with van der Waals surface area (Å²) in [4.78, 5) is 4.01. The molecule has 0 bridgehead atoms. The zero-order valence-corrected chi connectivity index (χ0v) is 12.2. The Morgan fingerprint density at radius 1 is 1.15 bits per heavy atom. The molecule has 20 heavy (non-hydrogen) atoms. The largest absolute Gasteiger partial charge is 0.398 e. The molecule has 2 rings (SSSR count). The van der Waals surface area contributed by atoms with Gasteiger partial charge in [0.15, 0.2) is 0 Å². The van der Waals surface area contributed by atoms with E-state index in [9.17, 15) is 8.42 Å². The van der Waals surface area contributed by atoms with Gasteiger partial charge in [-0.2, -0.15) is 0 Å². The number of hydrogen-bond donors (Lipinski definition) is 2. The summed E-state index contributed by atoms with van der Waals surface area (Å²) in [7, 11) is -3.62. The summed E-state index contributed by atoms with van der Waals surface area (Å²) in [5, 5.41) is 0. The molecule has 0 saturated heterocycles. The molecule has 0 fully saturated rings. The van der Waals surface area contributed by atoms with Crippen LogP contribution >= 0.6 is 0 Å². The van der Waals surface area contributed by atoms with Gasteiger partial charge < -0.3 is 5.73 Å². The van der Waals surface area contributed by atoms with Crippen LogP contribution < -0.4 is 10.5 Å². The van der Waals surface area contributed by atoms with E-state index in [4.69, 9.17) is 5.73 Å². The van der Waals surface area contributed by atoms with Crippen molar-refractivity contribution in [1.82, 2.24) is 9.71 Å². The Kier molecular flexibility index (Phi) is 4.06. The van der Waals surface area contributed by atoms with Gasteiger partial charge in [-0.1, -0.05) is 0 Å². The highest BCUT2D eigenvalue weighted by molar-refractivity contribution is 7.89. The van der Waals surface area contributed by atoms with Gasteiger partial charge in [0, 0.05) is 18.9 Å². The monoisotopic (exact) mass is 291 g/mol. The first-order valence-electron chi connectivity index (χ1n) is 6.15. The van der Waals surface area contributed by atoms with Crippen LogP contribution in [0.4, 0.5) is 5.69 Å². The second kappa shape index (κ2) is 5.60. The number of aromatic nitrogens is 1. The molecule has 2 aromatic rings. The number of nitrogens with one attached hydrogen (secondary N) is 1. The average molecular weight is 291 g/mol. The fraction of sp³-hybridized carbons (Fsp3) is 0.214. The molecule has 0 spiro atoms. The maximum Gasteiger partial charge on any atom is 0.242 e. The minimum atomic E-state index is -3.62. The molecule has 1 heterocycles. The molecule has 6 heteroatoms. The molecular weight excluding hydrogens is 274 g/mol. The molecule has 0 aliphatic rings. The van der Waals surface area contributed by atoms with Crippen molar-refractivity contribution < 1.29 is 8.42 Å². The van der Waals surface area contributed by atoms with E-state index in [1.54, 1.807) is 36.7 Å². The lowest BCUT2D eigenvalue weighted by Crippen LogP contribution is -2.24. The van der Waals surface area contributed by atoms with Crippen LogP contribution in [0.5, 0.6) is 0 Å². The zero-order valence-electron chi connectivity index (χ0n) is 11.4. The Morgan fingerprint density at radius 2 is 1.75 bits per heavy atom. The van der Waals surface area contributed by atoms with Crippen LogP contribution in [-0.4, -0.2) is 13.4 Å². The van der Waals surface area contributed by atoms with Crippen LogP contribution in [0, 0.1) is 13.8 Å². The van der Waals surface area contributed by atoms with Crippen molar-refractivity contribution in [3.63, 3.8) is 0 Å². The van der Waals surface area contributed by atoms with E-state index in [2.05, 4.69) is 9.71 Å². The second-order valence-electron chi connectivity index (χ2n) is 4.65. The summed E-state index contributed by atoms with van der Waals surface area (Å²) >= 11 is 0. The van der Waals surface area contributed by atoms with Crippen molar-refractivity contribution in [2.24, 2.45) is 0 Å². The molecule has 0 amide bonds. The molecule has 0 aliphatic heterocycles. The summed E-state index contributed by atoms with van der Waals surface area (Å²) < 4.78 is 27.1. The highest BCUT2D eigenvalue weighted by atomic mass is 32.2. The smallest absolute Gasteiger partial charge is 0.242 e. The number of nitrogens with two attached hydrogens (primary N) is 1. The van der Waals surface area contributed by atoms with Crippen LogP contribution in [0.1, 0.15) is 16.7 Å². The molecule has 3 N–H and O–H groups in total. The molecule has 0 radical (unpaired) electrons. The van der Waals surface area contributed by atoms with Crippen molar-refractivity contribution in [2.45, 2.75) is 25.3 Å². The molecule has 106 valence electrons. The van der Waals surface area contributed by atoms with Crippen LogP contribution in [0.25, 0.3) is 0 Å². The third-order valence-corrected chi connectivity index (χ3v) is 4.59. The van der Waals surface area contributed by atoms with Crippen molar-refractivity contribution in [2.75, 3.05) is 5.73 Å². The van der Waals surface area contributed by atoms with Crippen LogP contribution in [-0.2, 0) is 16.6 Å². The summed E-state index contributed by atoms with van der Waals surface area (Å²) in [5.41, 5.74) is 8.77. The van der Waals surface area contributed by atoms with Gasteiger partial charge in [0.25, 0.3) is 0 Å². The molecule has 1 aromatic heterocycles. The third-order valence-electron chi connectivity index (χ3n) is 3.13. The Hall–Kier alpha value is -1.92. The Bertz CT molecular complexity index is 713. The number of aryl methyl sites for hydroxylation is 2. The van der Waals surface area contributed by atoms with Gasteiger partial charge in [0.2, 0.25) is 10.0 Å². The van der Waals surface area contributed by atoms with Crippen LogP contribution in [0.3, 0.4) is 0 Å². The SMILES string of the molecule is Cc1cc(N)c(S(=O)(=O)NCc2ccncc2)cc1C. The first-order valence-corrected chi connectivity index (χ1v) is 7.64. The summed E-state index contributed by atoms with van der Waals surface area (Å²) in [5.74, 6) is 0. The van der Waals surface area contributed by atoms with Crippen molar-refractivity contribution in [3.05, 3.63) is 53.3 Å². The lowest BCUT2D eigenvalue weighted by molar-refractivity contribution is 0.581. The molecule has 5 nitrogen and oxygen atoms in total. The highest BCUT2D eigenvalue weighted by Gasteiger charge is 2.18. The second-order valence-corrected chi connectivity index (χ2v) is 6.39. The first kappa shape index (κ1) is 14.5. The Morgan fingerprint density at radius 3 is 2.40 bits per heavy atom. The standard InChI is InChI=1S/C14H17N3O2S/c1-10-7-13(15)14(8-11(10)2)20(18,19)17-9-12-3-5-16-6-4-12/h3-8,17H,9,15H2,1-2H3. The molecule has 0 atom stereocenters. The lowest BCUT2D eigenvalue weighted by Gasteiger charge is -2.11. The van der Waals surface area contributed by atoms with E-state index in [0.29, 0.717) is 0 Å². The fourth-order valence-electron chi connectivity index (χ4n) is 1.80. The topological polar surface area (TPSA) is 85.1 Å². The number of nitrogen functional groups attached to an aromatic ring is 1. The van der Waals surface area contributed by atoms with E-state index in [1.807, 2.05) is 13.8 Å². The van der Waals surface area contributed by atoms with E-state index < -0.39 is 10.0 Å². The van der Waals surface area contributed by atoms with Crippen molar-refractivity contribution in [3.8, 4) is 0 Å². The molecular formula is C14H17N3O2S. The number of sulfonamides is 1. The Labute approximate surface area is 118 Å². The number of benzene rings is 1. The van der Waals surface area contributed by atoms with E-state index >= 15 is 0 Å². The van der Waals surface area contributed by atoms with Gasteiger partial charge in [0.05, 0.1) is 5.69 Å². The van der Waals surface area contributed by atoms with Crippen LogP contribution in [0.15, 0.2) is 41.6 Å². The van der Waals surface area contributed by atoms with Gasteiger partial charge in [0.1, 0.15) is 4.90 Å². The van der Waals surface area contributed by atoms with Crippen molar-refractivity contribution >= 4 is 15.7 Å². The Balaban J connectivity index is 2.25. The van der Waals surface area contributed by atoms with Crippen molar-refractivity contribution in [1.29, 1.82) is 0 Å². The summed E-state index contributed by atoms with van der Waals surface area (Å²) in [6, 6.07) is 6.79. The number of hydrogen-bond acceptors (Lipinski definition) is 4. The molecule has 0 aliphatic carbocycles. The lowest BCUT2D eigenvalue weighted by atomic mass is 10.1. The van der Waals surface area contributed by atoms with E-state index in [-0.39, 0.29) is 17.1 Å². The van der Waals surface area contributed by atoms with Gasteiger partial charge in [-0.15, -0.1) is 0 Å². The van der Waals surface area contributed by atoms with Gasteiger partial charge >= 0.3 is 0 Å². The normalized spacial score (nSPS) is 11.5.